The van der Waals surface area contributed by atoms with E-state index in [2.05, 4.69) is 4.98 Å². The van der Waals surface area contributed by atoms with E-state index in [0.29, 0.717) is 0 Å². The molecule has 2 saturated heterocycles. The lowest BCUT2D eigenvalue weighted by atomic mass is 9.93. The topological polar surface area (TPSA) is 45.7 Å². The van der Waals surface area contributed by atoms with Gasteiger partial charge in [0, 0.05) is 45.6 Å². The number of amides is 2. The molecule has 0 bridgehead atoms. The van der Waals surface area contributed by atoms with Crippen molar-refractivity contribution in [1.29, 1.82) is 0 Å². The van der Waals surface area contributed by atoms with E-state index in [1.165, 1.54) is 12.3 Å². The average molecular weight is 311 g/mol. The van der Waals surface area contributed by atoms with Crippen LogP contribution in [0.3, 0.4) is 0 Å². The molecule has 1 spiro atoms. The molecule has 1 aromatic rings. The Balaban J connectivity index is 1.56. The van der Waals surface area contributed by atoms with Crippen LogP contribution in [-0.4, -0.2) is 64.6 Å². The van der Waals surface area contributed by atoms with E-state index in [1.54, 1.807) is 25.1 Å². The molecule has 0 saturated carbocycles. The lowest BCUT2D eigenvalue weighted by Gasteiger charge is -2.48. The van der Waals surface area contributed by atoms with Gasteiger partial charge in [-0.3, -0.25) is 0 Å². The number of urea groups is 1. The number of likely N-dealkylation sites (tertiary alicyclic amines) is 1. The summed E-state index contributed by atoms with van der Waals surface area (Å²) in [6, 6.07) is 2.94. The Morgan fingerprint density at radius 2 is 2.33 bits per heavy atom. The van der Waals surface area contributed by atoms with Gasteiger partial charge in [0.2, 0.25) is 0 Å². The van der Waals surface area contributed by atoms with Crippen molar-refractivity contribution in [2.24, 2.45) is 0 Å². The molecule has 2 amide bonds. The zero-order valence-corrected chi connectivity index (χ0v) is 12.9. The lowest BCUT2D eigenvalue weighted by Crippen LogP contribution is -2.62. The van der Waals surface area contributed by atoms with Crippen molar-refractivity contribution in [2.75, 3.05) is 32.9 Å². The van der Waals surface area contributed by atoms with Gasteiger partial charge in [-0.05, 0) is 12.1 Å². The highest BCUT2D eigenvalue weighted by molar-refractivity contribution is 8.01. The maximum absolute atomic E-state index is 13.5. The third-order valence-electron chi connectivity index (χ3n) is 3.79. The van der Waals surface area contributed by atoms with Gasteiger partial charge in [0.25, 0.3) is 5.88 Å². The first-order chi connectivity index (χ1) is 9.99. The molecule has 0 aliphatic carbocycles. The summed E-state index contributed by atoms with van der Waals surface area (Å²) in [5.41, 5.74) is 0. The molecule has 3 heterocycles. The molecule has 1 atom stereocenters. The summed E-state index contributed by atoms with van der Waals surface area (Å²) in [6.45, 7) is 1.47. The van der Waals surface area contributed by atoms with Crippen molar-refractivity contribution in [3.05, 3.63) is 24.1 Å². The van der Waals surface area contributed by atoms with Gasteiger partial charge in [-0.25, -0.2) is 14.2 Å². The van der Waals surface area contributed by atoms with Crippen LogP contribution in [-0.2, 0) is 0 Å². The highest BCUT2D eigenvalue weighted by atomic mass is 32.2. The number of carbonyl (C=O) groups excluding carboxylic acids is 1. The molecule has 0 N–H and O–H groups in total. The van der Waals surface area contributed by atoms with Gasteiger partial charge < -0.3 is 14.5 Å². The number of thioether (sulfide) groups is 1. The fourth-order valence-corrected chi connectivity index (χ4v) is 4.31. The Morgan fingerprint density at radius 1 is 1.57 bits per heavy atom. The molecule has 2 aliphatic heterocycles. The molecular weight excluding hydrogens is 293 g/mol. The highest BCUT2D eigenvalue weighted by Crippen LogP contribution is 2.46. The zero-order valence-electron chi connectivity index (χ0n) is 12.1. The molecule has 0 unspecified atom stereocenters. The molecule has 3 rings (SSSR count). The smallest absolute Gasteiger partial charge is 0.319 e. The van der Waals surface area contributed by atoms with Crippen molar-refractivity contribution in [3.8, 4) is 5.88 Å². The Morgan fingerprint density at radius 3 is 3.00 bits per heavy atom. The van der Waals surface area contributed by atoms with Gasteiger partial charge in [-0.2, -0.15) is 0 Å². The fourth-order valence-electron chi connectivity index (χ4n) is 2.78. The van der Waals surface area contributed by atoms with E-state index < -0.39 is 5.82 Å². The van der Waals surface area contributed by atoms with Crippen LogP contribution in [0, 0.1) is 5.82 Å². The molecule has 21 heavy (non-hydrogen) atoms. The SMILES string of the molecule is CN(C)C(=O)N1CC2(C[C@H](Oc3ncccc3F)CS2)C1. The highest BCUT2D eigenvalue weighted by Gasteiger charge is 2.51. The molecular formula is C14H18FN3O2S. The minimum Gasteiger partial charge on any atom is -0.471 e. The van der Waals surface area contributed by atoms with E-state index in [9.17, 15) is 9.18 Å². The van der Waals surface area contributed by atoms with Crippen LogP contribution in [0.4, 0.5) is 9.18 Å². The molecule has 0 aromatic carbocycles. The summed E-state index contributed by atoms with van der Waals surface area (Å²) in [5, 5.41) is 0. The number of carbonyl (C=O) groups is 1. The van der Waals surface area contributed by atoms with Gasteiger partial charge in [-0.1, -0.05) is 0 Å². The molecule has 1 aromatic heterocycles. The monoisotopic (exact) mass is 311 g/mol. The van der Waals surface area contributed by atoms with Crippen molar-refractivity contribution in [1.82, 2.24) is 14.8 Å². The second-order valence-electron chi connectivity index (χ2n) is 5.76. The van der Waals surface area contributed by atoms with Crippen molar-refractivity contribution >= 4 is 17.8 Å². The third-order valence-corrected chi connectivity index (χ3v) is 5.36. The van der Waals surface area contributed by atoms with E-state index in [4.69, 9.17) is 4.74 Å². The van der Waals surface area contributed by atoms with Gasteiger partial charge >= 0.3 is 6.03 Å². The number of hydrogen-bond acceptors (Lipinski definition) is 4. The maximum atomic E-state index is 13.5. The number of halogens is 1. The van der Waals surface area contributed by atoms with E-state index in [1.807, 2.05) is 16.7 Å². The summed E-state index contributed by atoms with van der Waals surface area (Å²) in [6.07, 6.45) is 2.30. The van der Waals surface area contributed by atoms with Gasteiger partial charge in [-0.15, -0.1) is 11.8 Å². The summed E-state index contributed by atoms with van der Waals surface area (Å²) in [7, 11) is 3.51. The number of hydrogen-bond donors (Lipinski definition) is 0. The van der Waals surface area contributed by atoms with Crippen LogP contribution < -0.4 is 4.74 Å². The van der Waals surface area contributed by atoms with Crippen LogP contribution in [0.2, 0.25) is 0 Å². The number of aromatic nitrogens is 1. The average Bonchev–Trinajstić information content (AvgIpc) is 2.83. The second-order valence-corrected chi connectivity index (χ2v) is 7.25. The van der Waals surface area contributed by atoms with E-state index in [-0.39, 0.29) is 22.8 Å². The molecule has 2 aliphatic rings. The molecule has 114 valence electrons. The first-order valence-corrected chi connectivity index (χ1v) is 7.85. The van der Waals surface area contributed by atoms with Crippen LogP contribution in [0.1, 0.15) is 6.42 Å². The van der Waals surface area contributed by atoms with Gasteiger partial charge in [0.15, 0.2) is 5.82 Å². The van der Waals surface area contributed by atoms with Crippen LogP contribution in [0.15, 0.2) is 18.3 Å². The summed E-state index contributed by atoms with van der Waals surface area (Å²) in [5.74, 6) is 0.446. The number of ether oxygens (including phenoxy) is 1. The standard InChI is InChI=1S/C14H18FN3O2S/c1-17(2)13(19)18-8-14(9-18)6-10(7-21-14)20-12-11(15)4-3-5-16-12/h3-5,10H,6-9H2,1-2H3/t10-/m0/s1. The predicted octanol–water partition coefficient (Wildman–Crippen LogP) is 1.84. The Hall–Kier alpha value is -1.50. The van der Waals surface area contributed by atoms with Crippen LogP contribution >= 0.6 is 11.8 Å². The van der Waals surface area contributed by atoms with Crippen molar-refractivity contribution in [2.45, 2.75) is 17.3 Å². The first kappa shape index (κ1) is 14.4. The number of nitrogens with zero attached hydrogens (tertiary/aromatic N) is 3. The molecule has 0 radical (unpaired) electrons. The minimum absolute atomic E-state index is 0.0429. The Kier molecular flexibility index (Phi) is 3.69. The predicted molar refractivity (Wildman–Crippen MR) is 79.1 cm³/mol. The van der Waals surface area contributed by atoms with E-state index >= 15 is 0 Å². The van der Waals surface area contributed by atoms with E-state index in [0.717, 1.165) is 25.3 Å². The first-order valence-electron chi connectivity index (χ1n) is 6.86. The number of pyridine rings is 1. The molecule has 5 nitrogen and oxygen atoms in total. The molecule has 7 heteroatoms. The largest absolute Gasteiger partial charge is 0.471 e. The maximum Gasteiger partial charge on any atom is 0.319 e. The van der Waals surface area contributed by atoms with Gasteiger partial charge in [0.1, 0.15) is 6.10 Å². The summed E-state index contributed by atoms with van der Waals surface area (Å²) in [4.78, 5) is 19.2. The Bertz CT molecular complexity index is 549. The Labute approximate surface area is 127 Å². The van der Waals surface area contributed by atoms with Crippen LogP contribution in [0.25, 0.3) is 0 Å². The fraction of sp³-hybridized carbons (Fsp3) is 0.571. The third kappa shape index (κ3) is 2.79. The van der Waals surface area contributed by atoms with Crippen molar-refractivity contribution in [3.63, 3.8) is 0 Å². The normalized spacial score (nSPS) is 23.0. The second kappa shape index (κ2) is 5.36. The number of rotatable bonds is 2. The zero-order chi connectivity index (χ0) is 15.0. The van der Waals surface area contributed by atoms with Crippen molar-refractivity contribution < 1.29 is 13.9 Å². The summed E-state index contributed by atoms with van der Waals surface area (Å²) < 4.78 is 19.3. The lowest BCUT2D eigenvalue weighted by molar-refractivity contribution is 0.0976. The summed E-state index contributed by atoms with van der Waals surface area (Å²) >= 11 is 1.81. The quantitative estimate of drug-likeness (QED) is 0.836. The minimum atomic E-state index is -0.429. The van der Waals surface area contributed by atoms with Crippen LogP contribution in [0.5, 0.6) is 5.88 Å². The molecule has 2 fully saturated rings. The van der Waals surface area contributed by atoms with Gasteiger partial charge in [0.05, 0.1) is 4.75 Å².